The number of thiazole rings is 1. The number of rotatable bonds is 6. The van der Waals surface area contributed by atoms with Crippen molar-refractivity contribution in [3.8, 4) is 27.6 Å². The lowest BCUT2D eigenvalue weighted by Crippen LogP contribution is -2.48. The molecule has 0 radical (unpaired) electrons. The quantitative estimate of drug-likeness (QED) is 0.336. The van der Waals surface area contributed by atoms with Crippen LogP contribution in [0.1, 0.15) is 13.3 Å². The molecule has 35 heavy (non-hydrogen) atoms. The van der Waals surface area contributed by atoms with Crippen molar-refractivity contribution in [3.05, 3.63) is 83.2 Å². The van der Waals surface area contributed by atoms with E-state index in [-0.39, 0.29) is 18.4 Å². The van der Waals surface area contributed by atoms with Crippen molar-refractivity contribution in [2.24, 2.45) is 0 Å². The summed E-state index contributed by atoms with van der Waals surface area (Å²) in [5, 5.41) is 6.23. The molecule has 6 nitrogen and oxygen atoms in total. The summed E-state index contributed by atoms with van der Waals surface area (Å²) in [5.74, 6) is -0.00957. The lowest BCUT2D eigenvalue weighted by molar-refractivity contribution is -0.128. The van der Waals surface area contributed by atoms with Crippen molar-refractivity contribution in [3.63, 3.8) is 0 Å². The van der Waals surface area contributed by atoms with Gasteiger partial charge in [-0.3, -0.25) is 14.5 Å². The van der Waals surface area contributed by atoms with E-state index in [0.717, 1.165) is 21.8 Å². The minimum absolute atomic E-state index is 0.145. The summed E-state index contributed by atoms with van der Waals surface area (Å²) in [6, 6.07) is 22.5. The molecule has 1 aliphatic rings. The fraction of sp³-hybridized carbons (Fsp3) is 0.148. The molecule has 4 aromatic rings. The second kappa shape index (κ2) is 9.90. The Morgan fingerprint density at radius 2 is 1.91 bits per heavy atom. The fourth-order valence-electron chi connectivity index (χ4n) is 3.93. The Labute approximate surface area is 212 Å². The molecule has 8 heteroatoms. The Hall–Kier alpha value is -3.68. The van der Waals surface area contributed by atoms with Crippen LogP contribution in [0.15, 0.2) is 78.2 Å². The van der Waals surface area contributed by atoms with Crippen molar-refractivity contribution in [1.82, 2.24) is 4.98 Å². The van der Waals surface area contributed by atoms with Crippen LogP contribution in [-0.4, -0.2) is 29.4 Å². The van der Waals surface area contributed by atoms with Crippen LogP contribution in [0, 0.1) is 0 Å². The van der Waals surface area contributed by atoms with E-state index in [1.807, 2.05) is 60.8 Å². The molecule has 176 valence electrons. The Morgan fingerprint density at radius 1 is 1.09 bits per heavy atom. The van der Waals surface area contributed by atoms with Crippen molar-refractivity contribution in [2.45, 2.75) is 19.4 Å². The highest BCUT2D eigenvalue weighted by Crippen LogP contribution is 2.39. The number of amides is 2. The Kier molecular flexibility index (Phi) is 6.53. The number of aromatic nitrogens is 1. The number of hydrogen-bond donors (Lipinski definition) is 1. The summed E-state index contributed by atoms with van der Waals surface area (Å²) in [5.41, 5.74) is 3.80. The van der Waals surface area contributed by atoms with Crippen molar-refractivity contribution in [2.75, 3.05) is 16.8 Å². The summed E-state index contributed by atoms with van der Waals surface area (Å²) < 4.78 is 5.95. The number of nitrogens with one attached hydrogen (secondary N) is 1. The molecule has 0 fully saturated rings. The third-order valence-electron chi connectivity index (χ3n) is 5.66. The molecule has 2 heterocycles. The second-order valence-electron chi connectivity index (χ2n) is 8.08. The first-order valence-electron chi connectivity index (χ1n) is 11.2. The standard InChI is InChI=1S/C27H22ClN3O3S/c1-2-23-27(33)31(15-25(32)29-20-10-6-9-19(28)14-20)22-13-18(11-12-24(22)34-23)21-16-35-26(30-21)17-7-4-3-5-8-17/h3-14,16,23H,2,15H2,1H3,(H,29,32). The third-order valence-corrected chi connectivity index (χ3v) is 6.79. The van der Waals surface area contributed by atoms with Gasteiger partial charge in [-0.05, 0) is 42.8 Å². The topological polar surface area (TPSA) is 71.5 Å². The molecule has 1 aromatic heterocycles. The summed E-state index contributed by atoms with van der Waals surface area (Å²) in [7, 11) is 0. The molecular weight excluding hydrogens is 482 g/mol. The molecule has 0 aliphatic carbocycles. The maximum Gasteiger partial charge on any atom is 0.268 e. The highest BCUT2D eigenvalue weighted by Gasteiger charge is 2.34. The average Bonchev–Trinajstić information content (AvgIpc) is 3.36. The number of benzene rings is 3. The third kappa shape index (κ3) is 4.92. The monoisotopic (exact) mass is 503 g/mol. The van der Waals surface area contributed by atoms with E-state index in [0.29, 0.717) is 28.6 Å². The maximum atomic E-state index is 13.2. The van der Waals surface area contributed by atoms with Crippen molar-refractivity contribution >= 4 is 46.1 Å². The number of carbonyl (C=O) groups is 2. The molecule has 1 atom stereocenters. The number of hydrogen-bond acceptors (Lipinski definition) is 5. The first-order chi connectivity index (χ1) is 17.0. The lowest BCUT2D eigenvalue weighted by Gasteiger charge is -2.34. The Bertz CT molecular complexity index is 1390. The number of fused-ring (bicyclic) bond motifs is 1. The first-order valence-corrected chi connectivity index (χ1v) is 12.5. The van der Waals surface area contributed by atoms with Crippen LogP contribution in [0.2, 0.25) is 5.02 Å². The summed E-state index contributed by atoms with van der Waals surface area (Å²) >= 11 is 7.58. The summed E-state index contributed by atoms with van der Waals surface area (Å²) in [6.45, 7) is 1.74. The number of ether oxygens (including phenoxy) is 1. The normalized spacial score (nSPS) is 14.9. The van der Waals surface area contributed by atoms with Crippen LogP contribution < -0.4 is 15.0 Å². The van der Waals surface area contributed by atoms with E-state index < -0.39 is 6.10 Å². The zero-order valence-electron chi connectivity index (χ0n) is 18.9. The smallest absolute Gasteiger partial charge is 0.268 e. The van der Waals surface area contributed by atoms with Crippen molar-refractivity contribution < 1.29 is 14.3 Å². The molecule has 5 rings (SSSR count). The van der Waals surface area contributed by atoms with Crippen molar-refractivity contribution in [1.29, 1.82) is 0 Å². The molecule has 1 aliphatic heterocycles. The number of halogens is 1. The predicted octanol–water partition coefficient (Wildman–Crippen LogP) is 6.27. The van der Waals surface area contributed by atoms with Crippen LogP contribution in [0.5, 0.6) is 5.75 Å². The van der Waals surface area contributed by atoms with Gasteiger partial charge in [0.2, 0.25) is 5.91 Å². The van der Waals surface area contributed by atoms with Gasteiger partial charge in [0.1, 0.15) is 17.3 Å². The molecule has 0 spiro atoms. The highest BCUT2D eigenvalue weighted by molar-refractivity contribution is 7.13. The van der Waals surface area contributed by atoms with Crippen LogP contribution in [0.4, 0.5) is 11.4 Å². The van der Waals surface area contributed by atoms with E-state index in [1.165, 1.54) is 4.90 Å². The lowest BCUT2D eigenvalue weighted by atomic mass is 10.1. The number of nitrogens with zero attached hydrogens (tertiary/aromatic N) is 2. The van der Waals surface area contributed by atoms with Gasteiger partial charge >= 0.3 is 0 Å². The first kappa shape index (κ1) is 23.1. The van der Waals surface area contributed by atoms with Crippen LogP contribution in [-0.2, 0) is 9.59 Å². The molecule has 1 unspecified atom stereocenters. The van der Waals surface area contributed by atoms with Gasteiger partial charge in [0.25, 0.3) is 5.91 Å². The van der Waals surface area contributed by atoms with Crippen LogP contribution in [0.3, 0.4) is 0 Å². The van der Waals surface area contributed by atoms with Gasteiger partial charge in [-0.2, -0.15) is 0 Å². The molecule has 0 bridgehead atoms. The maximum absolute atomic E-state index is 13.2. The molecule has 1 N–H and O–H groups in total. The summed E-state index contributed by atoms with van der Waals surface area (Å²) in [4.78, 5) is 32.3. The fourth-order valence-corrected chi connectivity index (χ4v) is 4.96. The summed E-state index contributed by atoms with van der Waals surface area (Å²) in [6.07, 6.45) is -0.143. The zero-order chi connectivity index (χ0) is 24.4. The molecule has 0 saturated carbocycles. The minimum Gasteiger partial charge on any atom is -0.478 e. The Morgan fingerprint density at radius 3 is 2.69 bits per heavy atom. The molecule has 0 saturated heterocycles. The van der Waals surface area contributed by atoms with E-state index in [2.05, 4.69) is 5.32 Å². The van der Waals surface area contributed by atoms with Gasteiger partial charge in [0.15, 0.2) is 6.10 Å². The number of carbonyl (C=O) groups excluding carboxylic acids is 2. The van der Waals surface area contributed by atoms with Gasteiger partial charge in [-0.25, -0.2) is 4.98 Å². The number of anilines is 2. The van der Waals surface area contributed by atoms with E-state index in [4.69, 9.17) is 21.3 Å². The van der Waals surface area contributed by atoms with Gasteiger partial charge in [0, 0.05) is 27.2 Å². The zero-order valence-corrected chi connectivity index (χ0v) is 20.5. The van der Waals surface area contributed by atoms with E-state index in [1.54, 1.807) is 35.6 Å². The highest BCUT2D eigenvalue weighted by atomic mass is 35.5. The van der Waals surface area contributed by atoms with Gasteiger partial charge < -0.3 is 10.1 Å². The van der Waals surface area contributed by atoms with Crippen LogP contribution >= 0.6 is 22.9 Å². The molecule has 3 aromatic carbocycles. The largest absolute Gasteiger partial charge is 0.478 e. The van der Waals surface area contributed by atoms with E-state index >= 15 is 0 Å². The predicted molar refractivity (Wildman–Crippen MR) is 140 cm³/mol. The van der Waals surface area contributed by atoms with E-state index in [9.17, 15) is 9.59 Å². The van der Waals surface area contributed by atoms with Crippen LogP contribution in [0.25, 0.3) is 21.8 Å². The molecular formula is C27H22ClN3O3S. The van der Waals surface area contributed by atoms with Gasteiger partial charge in [-0.15, -0.1) is 11.3 Å². The second-order valence-corrected chi connectivity index (χ2v) is 9.38. The average molecular weight is 504 g/mol. The molecule has 2 amide bonds. The van der Waals surface area contributed by atoms with Gasteiger partial charge in [-0.1, -0.05) is 54.9 Å². The Balaban J connectivity index is 1.44. The SMILES string of the molecule is CCC1Oc2ccc(-c3csc(-c4ccccc4)n3)cc2N(CC(=O)Nc2cccc(Cl)c2)C1=O. The minimum atomic E-state index is -0.642. The van der Waals surface area contributed by atoms with Gasteiger partial charge in [0.05, 0.1) is 11.4 Å².